The fourth-order valence-corrected chi connectivity index (χ4v) is 7.93. The summed E-state index contributed by atoms with van der Waals surface area (Å²) in [4.78, 5) is 12.4. The molecule has 5 aliphatic rings. The van der Waals surface area contributed by atoms with Crippen molar-refractivity contribution in [3.05, 3.63) is 35.5 Å². The minimum absolute atomic E-state index is 0.0361. The van der Waals surface area contributed by atoms with Crippen LogP contribution in [0.3, 0.4) is 0 Å². The van der Waals surface area contributed by atoms with Crippen LogP contribution < -0.4 is 0 Å². The van der Waals surface area contributed by atoms with Crippen molar-refractivity contribution in [3.8, 4) is 0 Å². The Morgan fingerprint density at radius 2 is 1.78 bits per heavy atom. The molecule has 2 bridgehead atoms. The van der Waals surface area contributed by atoms with E-state index in [0.717, 1.165) is 32.1 Å². The molecule has 1 saturated heterocycles. The van der Waals surface area contributed by atoms with Crippen molar-refractivity contribution in [2.45, 2.75) is 103 Å². The molecular weight excluding hydrogens is 400 g/mol. The Morgan fingerprint density at radius 1 is 1.03 bits per heavy atom. The number of rotatable bonds is 4. The third-order valence-electron chi connectivity index (χ3n) is 10.6. The highest BCUT2D eigenvalue weighted by Crippen LogP contribution is 2.71. The molecule has 1 heterocycles. The molecule has 5 rings (SSSR count). The van der Waals surface area contributed by atoms with Crippen LogP contribution in [0.5, 0.6) is 0 Å². The lowest BCUT2D eigenvalue weighted by atomic mass is 9.47. The van der Waals surface area contributed by atoms with Gasteiger partial charge in [0, 0.05) is 11.8 Å². The Labute approximate surface area is 193 Å². The Balaban J connectivity index is 1.55. The van der Waals surface area contributed by atoms with Crippen molar-refractivity contribution in [1.29, 1.82) is 0 Å². The third kappa shape index (κ3) is 2.76. The minimum Gasteiger partial charge on any atom is -0.393 e. The summed E-state index contributed by atoms with van der Waals surface area (Å²) < 4.78 is 0. The first-order chi connectivity index (χ1) is 15.0. The largest absolute Gasteiger partial charge is 0.393 e. The normalized spacial score (nSPS) is 49.3. The SMILES string of the molecule is CC(C)C(C)/C=C/[C@@H](C)[C@H]1C[C@H](O)C2=C3C=C[C@@]45C[C@@H](O)CC[C@]4(C)[C@]3(CC[C@@]21C)OO5. The summed E-state index contributed by atoms with van der Waals surface area (Å²) in [6, 6.07) is 0. The van der Waals surface area contributed by atoms with E-state index < -0.39 is 17.3 Å². The summed E-state index contributed by atoms with van der Waals surface area (Å²) in [6.45, 7) is 13.8. The molecule has 3 fully saturated rings. The fourth-order valence-electron chi connectivity index (χ4n) is 7.93. The quantitative estimate of drug-likeness (QED) is 0.445. The van der Waals surface area contributed by atoms with Gasteiger partial charge in [0.2, 0.25) is 0 Å². The molecule has 0 radical (unpaired) electrons. The summed E-state index contributed by atoms with van der Waals surface area (Å²) in [7, 11) is 0. The van der Waals surface area contributed by atoms with Crippen LogP contribution >= 0.6 is 0 Å². The van der Waals surface area contributed by atoms with Crippen molar-refractivity contribution in [2.75, 3.05) is 0 Å². The van der Waals surface area contributed by atoms with E-state index in [1.165, 1.54) is 11.1 Å². The van der Waals surface area contributed by atoms with Gasteiger partial charge in [0.1, 0.15) is 11.2 Å². The first-order valence-electron chi connectivity index (χ1n) is 12.9. The number of fused-ring (bicyclic) bond motifs is 1. The van der Waals surface area contributed by atoms with Gasteiger partial charge in [-0.3, -0.25) is 0 Å². The summed E-state index contributed by atoms with van der Waals surface area (Å²) in [5.41, 5.74) is 1.03. The summed E-state index contributed by atoms with van der Waals surface area (Å²) in [6.07, 6.45) is 13.3. The number of allylic oxidation sites excluding steroid dienone is 2. The van der Waals surface area contributed by atoms with Crippen LogP contribution in [0.1, 0.15) is 80.1 Å². The topological polar surface area (TPSA) is 58.9 Å². The average Bonchev–Trinajstić information content (AvgIpc) is 3.07. The molecule has 178 valence electrons. The zero-order valence-electron chi connectivity index (χ0n) is 20.7. The van der Waals surface area contributed by atoms with E-state index in [1.54, 1.807) is 0 Å². The summed E-state index contributed by atoms with van der Waals surface area (Å²) >= 11 is 0. The Hall–Kier alpha value is -0.940. The van der Waals surface area contributed by atoms with Crippen LogP contribution in [-0.4, -0.2) is 33.6 Å². The zero-order valence-corrected chi connectivity index (χ0v) is 20.7. The molecule has 2 N–H and O–H groups in total. The van der Waals surface area contributed by atoms with Gasteiger partial charge in [-0.15, -0.1) is 0 Å². The standard InChI is InChI=1S/C28H42O4/c1-17(2)18(3)7-8-19(4)22-15-23(30)24-21-10-12-27-16-20(29)9-11-26(27,6)28(21,32-31-27)14-13-25(22,24)5/h7-8,10,12,17-20,22-23,29-30H,9,11,13-16H2,1-6H3/b8-7+/t18?,19-,20+,22-,23+,25-,26+,27-,28-/m1/s1. The molecule has 0 aromatic heterocycles. The highest BCUT2D eigenvalue weighted by Gasteiger charge is 2.74. The molecule has 9 atom stereocenters. The maximum absolute atomic E-state index is 11.4. The maximum Gasteiger partial charge on any atom is 0.137 e. The van der Waals surface area contributed by atoms with Crippen LogP contribution in [0.15, 0.2) is 35.5 Å². The van der Waals surface area contributed by atoms with Crippen molar-refractivity contribution < 1.29 is 20.0 Å². The second kappa shape index (κ2) is 7.28. The second-order valence-electron chi connectivity index (χ2n) is 12.4. The number of hydrogen-bond acceptors (Lipinski definition) is 4. The molecule has 2 saturated carbocycles. The number of aliphatic hydroxyl groups excluding tert-OH is 2. The highest BCUT2D eigenvalue weighted by molar-refractivity contribution is 5.52. The van der Waals surface area contributed by atoms with Crippen LogP contribution in [0.4, 0.5) is 0 Å². The molecule has 32 heavy (non-hydrogen) atoms. The van der Waals surface area contributed by atoms with E-state index in [1.807, 2.05) is 0 Å². The Kier molecular flexibility index (Phi) is 5.19. The molecule has 1 aliphatic heterocycles. The average molecular weight is 443 g/mol. The lowest BCUT2D eigenvalue weighted by Gasteiger charge is -2.56. The van der Waals surface area contributed by atoms with Crippen LogP contribution in [-0.2, 0) is 9.78 Å². The van der Waals surface area contributed by atoms with Crippen LogP contribution in [0, 0.1) is 34.5 Å². The van der Waals surface area contributed by atoms with Crippen molar-refractivity contribution >= 4 is 0 Å². The molecule has 4 nitrogen and oxygen atoms in total. The van der Waals surface area contributed by atoms with E-state index in [-0.39, 0.29) is 16.9 Å². The van der Waals surface area contributed by atoms with Gasteiger partial charge in [-0.1, -0.05) is 59.8 Å². The Bertz CT molecular complexity index is 873. The van der Waals surface area contributed by atoms with Crippen LogP contribution in [0.2, 0.25) is 0 Å². The molecule has 0 aromatic rings. The monoisotopic (exact) mass is 442 g/mol. The fraction of sp³-hybridized carbons (Fsp3) is 0.786. The molecule has 0 amide bonds. The van der Waals surface area contributed by atoms with Gasteiger partial charge in [0.05, 0.1) is 12.2 Å². The zero-order chi connectivity index (χ0) is 23.1. The molecule has 1 spiro atoms. The first-order valence-corrected chi connectivity index (χ1v) is 12.9. The van der Waals surface area contributed by atoms with Crippen molar-refractivity contribution in [1.82, 2.24) is 0 Å². The second-order valence-corrected chi connectivity index (χ2v) is 12.4. The van der Waals surface area contributed by atoms with Gasteiger partial charge in [0.15, 0.2) is 0 Å². The lowest BCUT2D eigenvalue weighted by Crippen LogP contribution is -2.61. The van der Waals surface area contributed by atoms with Gasteiger partial charge in [-0.25, -0.2) is 9.78 Å². The van der Waals surface area contributed by atoms with Gasteiger partial charge in [0.25, 0.3) is 0 Å². The summed E-state index contributed by atoms with van der Waals surface area (Å²) in [5, 5.41) is 21.8. The highest BCUT2D eigenvalue weighted by atomic mass is 17.2. The van der Waals surface area contributed by atoms with E-state index in [2.05, 4.69) is 65.8 Å². The van der Waals surface area contributed by atoms with Gasteiger partial charge < -0.3 is 10.2 Å². The predicted molar refractivity (Wildman–Crippen MR) is 126 cm³/mol. The third-order valence-corrected chi connectivity index (χ3v) is 10.6. The first kappa shape index (κ1) is 22.8. The van der Waals surface area contributed by atoms with E-state index in [0.29, 0.717) is 30.1 Å². The maximum atomic E-state index is 11.4. The number of hydrogen-bond donors (Lipinski definition) is 2. The molecule has 4 aliphatic carbocycles. The van der Waals surface area contributed by atoms with Crippen LogP contribution in [0.25, 0.3) is 0 Å². The van der Waals surface area contributed by atoms with Crippen molar-refractivity contribution in [2.24, 2.45) is 34.5 Å². The molecule has 0 aromatic carbocycles. The number of aliphatic hydroxyl groups is 2. The molecular formula is C28H42O4. The Morgan fingerprint density at radius 3 is 2.50 bits per heavy atom. The van der Waals surface area contributed by atoms with Gasteiger partial charge >= 0.3 is 0 Å². The van der Waals surface area contributed by atoms with Gasteiger partial charge in [-0.05, 0) is 78.4 Å². The lowest BCUT2D eigenvalue weighted by molar-refractivity contribution is -0.337. The predicted octanol–water partition coefficient (Wildman–Crippen LogP) is 5.51. The van der Waals surface area contributed by atoms with E-state index in [4.69, 9.17) is 9.78 Å². The van der Waals surface area contributed by atoms with Gasteiger partial charge in [-0.2, -0.15) is 0 Å². The van der Waals surface area contributed by atoms with Crippen molar-refractivity contribution in [3.63, 3.8) is 0 Å². The van der Waals surface area contributed by atoms with E-state index >= 15 is 0 Å². The smallest absolute Gasteiger partial charge is 0.137 e. The van der Waals surface area contributed by atoms with E-state index in [9.17, 15) is 10.2 Å². The molecule has 4 heteroatoms. The summed E-state index contributed by atoms with van der Waals surface area (Å²) in [5.74, 6) is 2.02. The molecule has 1 unspecified atom stereocenters. The minimum atomic E-state index is -0.561.